The number of fused-ring (bicyclic) bond motifs is 1. The highest BCUT2D eigenvalue weighted by molar-refractivity contribution is 7.17. The number of hydrogen-bond donors (Lipinski definition) is 2. The maximum Gasteiger partial charge on any atom is 0.237 e. The van der Waals surface area contributed by atoms with Crippen molar-refractivity contribution >= 4 is 39.7 Å². The number of carbonyl (C=O) groups is 1. The molecule has 2 rings (SSSR count). The standard InChI is InChI=1S/C16H22N2OS.ClH/c1-16(2,3)14(17)15(19)18-9-8-11-10-20-13-7-5-4-6-12(11)13;/h4-7,10,14H,8-9,17H2,1-3H3,(H,18,19);1H/t14-;/m1./s1. The zero-order valence-electron chi connectivity index (χ0n) is 12.7. The Labute approximate surface area is 136 Å². The van der Waals surface area contributed by atoms with E-state index >= 15 is 0 Å². The Kier molecular flexibility index (Phi) is 6.20. The summed E-state index contributed by atoms with van der Waals surface area (Å²) in [5.41, 5.74) is 7.01. The zero-order chi connectivity index (χ0) is 14.8. The maximum atomic E-state index is 11.9. The van der Waals surface area contributed by atoms with Crippen molar-refractivity contribution in [2.75, 3.05) is 6.54 Å². The van der Waals surface area contributed by atoms with E-state index in [-0.39, 0.29) is 23.7 Å². The van der Waals surface area contributed by atoms with Crippen molar-refractivity contribution in [1.82, 2.24) is 5.32 Å². The van der Waals surface area contributed by atoms with Crippen LogP contribution in [0.15, 0.2) is 29.6 Å². The van der Waals surface area contributed by atoms with Gasteiger partial charge in [0.1, 0.15) is 0 Å². The highest BCUT2D eigenvalue weighted by atomic mass is 35.5. The summed E-state index contributed by atoms with van der Waals surface area (Å²) in [4.78, 5) is 11.9. The Morgan fingerprint density at radius 1 is 1.33 bits per heavy atom. The van der Waals surface area contributed by atoms with E-state index in [1.807, 2.05) is 32.9 Å². The maximum absolute atomic E-state index is 11.9. The van der Waals surface area contributed by atoms with Crippen LogP contribution < -0.4 is 11.1 Å². The first-order valence-corrected chi connectivity index (χ1v) is 7.76. The van der Waals surface area contributed by atoms with Crippen molar-refractivity contribution in [1.29, 1.82) is 0 Å². The third-order valence-electron chi connectivity index (χ3n) is 3.47. The second-order valence-electron chi connectivity index (χ2n) is 6.14. The Balaban J connectivity index is 0.00000220. The number of nitrogens with two attached hydrogens (primary N) is 1. The van der Waals surface area contributed by atoms with Crippen molar-refractivity contribution in [2.24, 2.45) is 11.1 Å². The molecule has 3 nitrogen and oxygen atoms in total. The van der Waals surface area contributed by atoms with Crippen LogP contribution in [0.4, 0.5) is 0 Å². The van der Waals surface area contributed by atoms with Gasteiger partial charge in [-0.15, -0.1) is 23.7 Å². The summed E-state index contributed by atoms with van der Waals surface area (Å²) >= 11 is 1.75. The first-order chi connectivity index (χ1) is 9.39. The molecule has 0 saturated heterocycles. The molecule has 1 aromatic heterocycles. The molecule has 1 atom stereocenters. The summed E-state index contributed by atoms with van der Waals surface area (Å²) in [5, 5.41) is 6.38. The minimum Gasteiger partial charge on any atom is -0.354 e. The Morgan fingerprint density at radius 2 is 2.00 bits per heavy atom. The summed E-state index contributed by atoms with van der Waals surface area (Å²) in [7, 11) is 0. The van der Waals surface area contributed by atoms with Gasteiger partial charge in [-0.25, -0.2) is 0 Å². The quantitative estimate of drug-likeness (QED) is 0.905. The van der Waals surface area contributed by atoms with Crippen molar-refractivity contribution in [2.45, 2.75) is 33.2 Å². The zero-order valence-corrected chi connectivity index (χ0v) is 14.3. The highest BCUT2D eigenvalue weighted by Gasteiger charge is 2.26. The summed E-state index contributed by atoms with van der Waals surface area (Å²) in [6.45, 7) is 6.56. The summed E-state index contributed by atoms with van der Waals surface area (Å²) in [6.07, 6.45) is 0.840. The monoisotopic (exact) mass is 326 g/mol. The van der Waals surface area contributed by atoms with Gasteiger partial charge in [0.2, 0.25) is 5.91 Å². The largest absolute Gasteiger partial charge is 0.354 e. The number of amides is 1. The summed E-state index contributed by atoms with van der Waals surface area (Å²) < 4.78 is 1.29. The molecule has 0 aliphatic heterocycles. The second-order valence-corrected chi connectivity index (χ2v) is 7.05. The van der Waals surface area contributed by atoms with Crippen LogP contribution >= 0.6 is 23.7 Å². The van der Waals surface area contributed by atoms with Crippen LogP contribution in [0, 0.1) is 5.41 Å². The van der Waals surface area contributed by atoms with Gasteiger partial charge < -0.3 is 11.1 Å². The van der Waals surface area contributed by atoms with Gasteiger partial charge >= 0.3 is 0 Å². The Morgan fingerprint density at radius 3 is 2.67 bits per heavy atom. The van der Waals surface area contributed by atoms with E-state index in [2.05, 4.69) is 22.8 Å². The highest BCUT2D eigenvalue weighted by Crippen LogP contribution is 2.25. The van der Waals surface area contributed by atoms with Gasteiger partial charge in [-0.2, -0.15) is 0 Å². The fraction of sp³-hybridized carbons (Fsp3) is 0.438. The predicted molar refractivity (Wildman–Crippen MR) is 93.2 cm³/mol. The molecule has 1 aromatic carbocycles. The molecule has 0 saturated carbocycles. The van der Waals surface area contributed by atoms with Crippen LogP contribution in [0.1, 0.15) is 26.3 Å². The third kappa shape index (κ3) is 4.43. The molecule has 0 aliphatic rings. The average Bonchev–Trinajstić information content (AvgIpc) is 2.80. The predicted octanol–water partition coefficient (Wildman–Crippen LogP) is 3.36. The number of nitrogens with one attached hydrogen (secondary N) is 1. The molecule has 0 radical (unpaired) electrons. The molecule has 21 heavy (non-hydrogen) atoms. The lowest BCUT2D eigenvalue weighted by Crippen LogP contribution is -2.48. The van der Waals surface area contributed by atoms with Crippen molar-refractivity contribution < 1.29 is 4.79 Å². The first-order valence-electron chi connectivity index (χ1n) is 6.88. The molecule has 0 aliphatic carbocycles. The van der Waals surface area contributed by atoms with Crippen LogP contribution in [0.3, 0.4) is 0 Å². The molecule has 0 spiro atoms. The van der Waals surface area contributed by atoms with E-state index in [4.69, 9.17) is 5.73 Å². The van der Waals surface area contributed by atoms with Crippen molar-refractivity contribution in [3.63, 3.8) is 0 Å². The van der Waals surface area contributed by atoms with Gasteiger partial charge in [0.15, 0.2) is 0 Å². The lowest BCUT2D eigenvalue weighted by molar-refractivity contribution is -0.124. The molecular weight excluding hydrogens is 304 g/mol. The van der Waals surface area contributed by atoms with Gasteiger partial charge in [0, 0.05) is 11.2 Å². The van der Waals surface area contributed by atoms with E-state index in [1.165, 1.54) is 15.6 Å². The van der Waals surface area contributed by atoms with Crippen LogP contribution in [0.2, 0.25) is 0 Å². The smallest absolute Gasteiger partial charge is 0.237 e. The van der Waals surface area contributed by atoms with Crippen LogP contribution in [0.25, 0.3) is 10.1 Å². The molecule has 2 aromatic rings. The van der Waals surface area contributed by atoms with Crippen LogP contribution in [-0.4, -0.2) is 18.5 Å². The van der Waals surface area contributed by atoms with E-state index in [9.17, 15) is 4.79 Å². The molecule has 3 N–H and O–H groups in total. The molecule has 0 unspecified atom stereocenters. The van der Waals surface area contributed by atoms with Gasteiger partial charge in [-0.3, -0.25) is 4.79 Å². The minimum atomic E-state index is -0.471. The van der Waals surface area contributed by atoms with Gasteiger partial charge in [-0.1, -0.05) is 39.0 Å². The number of rotatable bonds is 4. The minimum absolute atomic E-state index is 0. The normalized spacial score (nSPS) is 12.8. The van der Waals surface area contributed by atoms with Gasteiger partial charge in [0.25, 0.3) is 0 Å². The van der Waals surface area contributed by atoms with E-state index in [0.717, 1.165) is 6.42 Å². The molecule has 5 heteroatoms. The molecule has 1 amide bonds. The summed E-state index contributed by atoms with van der Waals surface area (Å²) in [6, 6.07) is 7.88. The Bertz CT molecular complexity index is 604. The number of halogens is 1. The first kappa shape index (κ1) is 18.0. The summed E-state index contributed by atoms with van der Waals surface area (Å²) in [5.74, 6) is -0.0722. The Hall–Kier alpha value is -1.10. The third-order valence-corrected chi connectivity index (χ3v) is 4.48. The van der Waals surface area contributed by atoms with Crippen molar-refractivity contribution in [3.05, 3.63) is 35.2 Å². The van der Waals surface area contributed by atoms with Gasteiger partial charge in [-0.05, 0) is 34.2 Å². The number of carbonyl (C=O) groups excluding carboxylic acids is 1. The number of thiophene rings is 1. The van der Waals surface area contributed by atoms with E-state index < -0.39 is 6.04 Å². The molecular formula is C16H23ClN2OS. The fourth-order valence-corrected chi connectivity index (χ4v) is 3.05. The molecule has 1 heterocycles. The molecule has 116 valence electrons. The van der Waals surface area contributed by atoms with Gasteiger partial charge in [0.05, 0.1) is 6.04 Å². The fourth-order valence-electron chi connectivity index (χ4n) is 2.05. The number of hydrogen-bond acceptors (Lipinski definition) is 3. The molecule has 0 fully saturated rings. The van der Waals surface area contributed by atoms with Crippen LogP contribution in [-0.2, 0) is 11.2 Å². The van der Waals surface area contributed by atoms with E-state index in [1.54, 1.807) is 11.3 Å². The van der Waals surface area contributed by atoms with Crippen molar-refractivity contribution in [3.8, 4) is 0 Å². The molecule has 0 bridgehead atoms. The number of benzene rings is 1. The SMILES string of the molecule is CC(C)(C)[C@H](N)C(=O)NCCc1csc2ccccc12.Cl. The lowest BCUT2D eigenvalue weighted by Gasteiger charge is -2.25. The average molecular weight is 327 g/mol. The second kappa shape index (κ2) is 7.25. The lowest BCUT2D eigenvalue weighted by atomic mass is 9.87. The van der Waals surface area contributed by atoms with E-state index in [0.29, 0.717) is 6.54 Å². The van der Waals surface area contributed by atoms with Crippen LogP contribution in [0.5, 0.6) is 0 Å². The topological polar surface area (TPSA) is 55.1 Å².